The Balaban J connectivity index is 0.00000108. The summed E-state index contributed by atoms with van der Waals surface area (Å²) < 4.78 is 41.5. The second-order valence-electron chi connectivity index (χ2n) is 4.04. The number of nitro benzene ring substituents is 1. The zero-order valence-electron chi connectivity index (χ0n) is 12.5. The molecule has 10 nitrogen and oxygen atoms in total. The number of hydrogen-bond donors (Lipinski definition) is 2. The van der Waals surface area contributed by atoms with E-state index in [-0.39, 0.29) is 11.4 Å². The smallest absolute Gasteiger partial charge is 0.379 e. The van der Waals surface area contributed by atoms with Crippen molar-refractivity contribution in [2.75, 3.05) is 0 Å². The molecule has 0 bridgehead atoms. The Labute approximate surface area is 134 Å². The van der Waals surface area contributed by atoms with E-state index in [1.165, 1.54) is 12.8 Å². The summed E-state index contributed by atoms with van der Waals surface area (Å²) in [5, 5.41) is 10.4. The van der Waals surface area contributed by atoms with Gasteiger partial charge in [-0.15, -0.1) is 4.89 Å². The summed E-state index contributed by atoms with van der Waals surface area (Å²) in [4.78, 5) is 18.1. The first kappa shape index (κ1) is 21.4. The van der Waals surface area contributed by atoms with Gasteiger partial charge in [0.15, 0.2) is 0 Å². The van der Waals surface area contributed by atoms with Crippen LogP contribution in [-0.4, -0.2) is 23.8 Å². The third-order valence-electron chi connectivity index (χ3n) is 2.24. The lowest BCUT2D eigenvalue weighted by atomic mass is 10.3. The van der Waals surface area contributed by atoms with Crippen molar-refractivity contribution in [2.45, 2.75) is 32.2 Å². The van der Waals surface area contributed by atoms with Crippen molar-refractivity contribution in [3.05, 3.63) is 34.4 Å². The predicted octanol–water partition coefficient (Wildman–Crippen LogP) is 2.02. The number of benzene rings is 1. The first-order valence-corrected chi connectivity index (χ1v) is 9.00. The van der Waals surface area contributed by atoms with Gasteiger partial charge in [-0.3, -0.25) is 15.8 Å². The molecule has 3 N–H and O–H groups in total. The van der Waals surface area contributed by atoms with Gasteiger partial charge in [0, 0.05) is 16.7 Å². The number of hydrogen-bond acceptors (Lipinski definition) is 8. The normalized spacial score (nSPS) is 12.6. The van der Waals surface area contributed by atoms with Crippen molar-refractivity contribution in [1.82, 2.24) is 0 Å². The largest absolute Gasteiger partial charge is 0.697 e. The molecule has 1 aromatic rings. The number of nitrogens with two attached hydrogens (primary N) is 1. The summed E-state index contributed by atoms with van der Waals surface area (Å²) in [5.41, 5.74) is 2.57. The number of nitro groups is 1. The molecular weight excluding hydrogens is 351 g/mol. The molecule has 1 aromatic carbocycles. The lowest BCUT2D eigenvalue weighted by Gasteiger charge is -2.08. The maximum Gasteiger partial charge on any atom is 0.697 e. The van der Waals surface area contributed by atoms with E-state index in [0.29, 0.717) is 0 Å². The molecule has 1 rings (SSSR count). The molecule has 0 aliphatic heterocycles. The van der Waals surface area contributed by atoms with Gasteiger partial charge >= 0.3 is 23.9 Å². The zero-order chi connectivity index (χ0) is 18.0. The SMILES string of the molecule is CCCC.NC(O[P+](=O)O)S(=O)(=O)Oc1ccc([N+](=O)[O-])cc1. The quantitative estimate of drug-likeness (QED) is 0.241. The maximum atomic E-state index is 11.4. The fourth-order valence-electron chi connectivity index (χ4n) is 0.947. The van der Waals surface area contributed by atoms with Crippen LogP contribution in [0, 0.1) is 10.1 Å². The van der Waals surface area contributed by atoms with E-state index in [9.17, 15) is 23.1 Å². The van der Waals surface area contributed by atoms with E-state index in [1.807, 2.05) is 0 Å². The van der Waals surface area contributed by atoms with Gasteiger partial charge in [-0.05, 0) is 12.1 Å². The van der Waals surface area contributed by atoms with Crippen molar-refractivity contribution in [3.63, 3.8) is 0 Å². The number of rotatable bonds is 7. The molecule has 0 aliphatic rings. The molecule has 0 spiro atoms. The molecule has 0 saturated carbocycles. The van der Waals surface area contributed by atoms with Crippen LogP contribution in [0.3, 0.4) is 0 Å². The van der Waals surface area contributed by atoms with Crippen molar-refractivity contribution < 1.29 is 31.5 Å². The Hall–Kier alpha value is -1.65. The standard InChI is InChI=1S/C7H7N2O8PS.C4H10/c8-7(16-18(12)13)19(14,15)17-6-3-1-5(2-4-6)9(10)11;1-3-4-2/h1-4,7H,8H2;3-4H2,1-2H3/p+1. The molecule has 130 valence electrons. The van der Waals surface area contributed by atoms with E-state index in [4.69, 9.17) is 10.6 Å². The summed E-state index contributed by atoms with van der Waals surface area (Å²) in [6.07, 6.45) is 2.64. The third kappa shape index (κ3) is 8.53. The molecule has 0 aromatic heterocycles. The van der Waals surface area contributed by atoms with Gasteiger partial charge in [0.2, 0.25) is 0 Å². The zero-order valence-corrected chi connectivity index (χ0v) is 14.2. The van der Waals surface area contributed by atoms with Crippen LogP contribution in [-0.2, 0) is 19.2 Å². The van der Waals surface area contributed by atoms with Gasteiger partial charge in [-0.25, -0.2) is 0 Å². The lowest BCUT2D eigenvalue weighted by Crippen LogP contribution is -2.34. The molecule has 2 unspecified atom stereocenters. The minimum absolute atomic E-state index is 0.252. The van der Waals surface area contributed by atoms with Crippen LogP contribution >= 0.6 is 8.25 Å². The second-order valence-corrected chi connectivity index (χ2v) is 6.34. The highest BCUT2D eigenvalue weighted by Crippen LogP contribution is 2.22. The van der Waals surface area contributed by atoms with Crippen LogP contribution < -0.4 is 9.92 Å². The van der Waals surface area contributed by atoms with Crippen molar-refractivity contribution in [1.29, 1.82) is 0 Å². The number of unbranched alkanes of at least 4 members (excludes halogenated alkanes) is 1. The summed E-state index contributed by atoms with van der Waals surface area (Å²) >= 11 is 0. The highest BCUT2D eigenvalue weighted by molar-refractivity contribution is 7.87. The highest BCUT2D eigenvalue weighted by Gasteiger charge is 2.33. The van der Waals surface area contributed by atoms with Crippen LogP contribution in [0.2, 0.25) is 0 Å². The average Bonchev–Trinajstić information content (AvgIpc) is 2.47. The second kappa shape index (κ2) is 10.2. The Morgan fingerprint density at radius 1 is 1.30 bits per heavy atom. The number of non-ortho nitro benzene ring substituents is 1. The van der Waals surface area contributed by atoms with E-state index < -0.39 is 28.9 Å². The first-order valence-electron chi connectivity index (χ1n) is 6.40. The van der Waals surface area contributed by atoms with Gasteiger partial charge in [0.05, 0.1) is 4.92 Å². The monoisotopic (exact) mass is 369 g/mol. The first-order chi connectivity index (χ1) is 10.6. The van der Waals surface area contributed by atoms with Crippen LogP contribution in [0.5, 0.6) is 5.75 Å². The molecular formula is C11H18N2O8PS+. The van der Waals surface area contributed by atoms with Crippen molar-refractivity contribution in [3.8, 4) is 5.75 Å². The Bertz CT molecular complexity index is 617. The predicted molar refractivity (Wildman–Crippen MR) is 82.1 cm³/mol. The maximum absolute atomic E-state index is 11.4. The van der Waals surface area contributed by atoms with Crippen LogP contribution in [0.15, 0.2) is 24.3 Å². The van der Waals surface area contributed by atoms with Gasteiger partial charge in [0.25, 0.3) is 5.69 Å². The van der Waals surface area contributed by atoms with E-state index in [2.05, 4.69) is 22.6 Å². The number of nitrogens with zero attached hydrogens (tertiary/aromatic N) is 1. The molecule has 0 fully saturated rings. The van der Waals surface area contributed by atoms with E-state index in [0.717, 1.165) is 24.3 Å². The summed E-state index contributed by atoms with van der Waals surface area (Å²) in [6.45, 7) is 4.36. The fraction of sp³-hybridized carbons (Fsp3) is 0.455. The van der Waals surface area contributed by atoms with E-state index >= 15 is 0 Å². The molecule has 12 heteroatoms. The summed E-state index contributed by atoms with van der Waals surface area (Å²) in [6, 6.07) is 4.09. The fourth-order valence-corrected chi connectivity index (χ4v) is 2.24. The molecule has 2 atom stereocenters. The average molecular weight is 369 g/mol. The minimum atomic E-state index is -4.50. The molecule has 0 radical (unpaired) electrons. The third-order valence-corrected chi connectivity index (χ3v) is 3.88. The Morgan fingerprint density at radius 2 is 1.78 bits per heavy atom. The van der Waals surface area contributed by atoms with Gasteiger partial charge < -0.3 is 4.18 Å². The van der Waals surface area contributed by atoms with Crippen molar-refractivity contribution in [2.24, 2.45) is 5.73 Å². The van der Waals surface area contributed by atoms with Crippen molar-refractivity contribution >= 4 is 24.1 Å². The van der Waals surface area contributed by atoms with Crippen LogP contribution in [0.1, 0.15) is 26.7 Å². The van der Waals surface area contributed by atoms with Crippen LogP contribution in [0.4, 0.5) is 5.69 Å². The van der Waals surface area contributed by atoms with Crippen LogP contribution in [0.25, 0.3) is 0 Å². The Kier molecular flexibility index (Phi) is 9.46. The van der Waals surface area contributed by atoms with Gasteiger partial charge in [-0.2, -0.15) is 8.42 Å². The molecule has 0 heterocycles. The van der Waals surface area contributed by atoms with E-state index in [1.54, 1.807) is 0 Å². The van der Waals surface area contributed by atoms with Gasteiger partial charge in [0.1, 0.15) is 5.75 Å². The summed E-state index contributed by atoms with van der Waals surface area (Å²) in [5.74, 6) is -0.252. The highest BCUT2D eigenvalue weighted by atomic mass is 32.2. The lowest BCUT2D eigenvalue weighted by molar-refractivity contribution is -0.384. The molecule has 0 aliphatic carbocycles. The van der Waals surface area contributed by atoms with Gasteiger partial charge in [-0.1, -0.05) is 31.2 Å². The Morgan fingerprint density at radius 3 is 2.13 bits per heavy atom. The molecule has 0 saturated heterocycles. The molecule has 0 amide bonds. The summed E-state index contributed by atoms with van der Waals surface area (Å²) in [7, 11) is -7.72. The molecule has 23 heavy (non-hydrogen) atoms. The topological polar surface area (TPSA) is 159 Å². The minimum Gasteiger partial charge on any atom is -0.379 e.